The highest BCUT2D eigenvalue weighted by Gasteiger charge is 2.09. The Balaban J connectivity index is 1.71. The van der Waals surface area contributed by atoms with Gasteiger partial charge in [-0.25, -0.2) is 0 Å². The van der Waals surface area contributed by atoms with Crippen LogP contribution in [0.3, 0.4) is 0 Å². The zero-order chi connectivity index (χ0) is 16.3. The minimum Gasteiger partial charge on any atom is -0.379 e. The van der Waals surface area contributed by atoms with E-state index in [4.69, 9.17) is 27.9 Å². The Kier molecular flexibility index (Phi) is 9.13. The van der Waals surface area contributed by atoms with Crippen molar-refractivity contribution < 1.29 is 4.74 Å². The molecular formula is C18H28Cl2N2O. The standard InChI is InChI=1S/C18H28Cl2N2O/c19-8-11-22(12-9-20)18-6-4-17(5-7-18)3-1-2-10-21-13-15-23-16-14-21/h4-7H,1-3,8-16H2. The summed E-state index contributed by atoms with van der Waals surface area (Å²) in [5.41, 5.74) is 2.62. The molecule has 0 aliphatic carbocycles. The number of aryl methyl sites for hydroxylation is 1. The van der Waals surface area contributed by atoms with Crippen LogP contribution in [0, 0.1) is 0 Å². The first-order valence-corrected chi connectivity index (χ1v) is 9.66. The van der Waals surface area contributed by atoms with Crippen molar-refractivity contribution in [2.75, 3.05) is 62.6 Å². The highest BCUT2D eigenvalue weighted by molar-refractivity contribution is 6.18. The molecule has 2 rings (SSSR count). The summed E-state index contributed by atoms with van der Waals surface area (Å²) in [5.74, 6) is 1.25. The molecule has 0 N–H and O–H groups in total. The summed E-state index contributed by atoms with van der Waals surface area (Å²) in [4.78, 5) is 4.74. The average Bonchev–Trinajstić information content (AvgIpc) is 2.60. The molecule has 1 heterocycles. The van der Waals surface area contributed by atoms with E-state index in [0.29, 0.717) is 11.8 Å². The second kappa shape index (κ2) is 11.1. The van der Waals surface area contributed by atoms with Gasteiger partial charge in [-0.1, -0.05) is 12.1 Å². The van der Waals surface area contributed by atoms with Crippen molar-refractivity contribution in [1.29, 1.82) is 0 Å². The molecule has 3 nitrogen and oxygen atoms in total. The number of hydrogen-bond acceptors (Lipinski definition) is 3. The molecule has 0 radical (unpaired) electrons. The van der Waals surface area contributed by atoms with E-state index in [-0.39, 0.29) is 0 Å². The predicted octanol–water partition coefficient (Wildman–Crippen LogP) is 3.63. The largest absolute Gasteiger partial charge is 0.379 e. The summed E-state index contributed by atoms with van der Waals surface area (Å²) in [6.07, 6.45) is 3.64. The number of hydrogen-bond donors (Lipinski definition) is 0. The van der Waals surface area contributed by atoms with E-state index in [1.165, 1.54) is 30.6 Å². The van der Waals surface area contributed by atoms with Crippen LogP contribution in [0.5, 0.6) is 0 Å². The van der Waals surface area contributed by atoms with Crippen molar-refractivity contribution in [3.05, 3.63) is 29.8 Å². The maximum atomic E-state index is 5.87. The van der Waals surface area contributed by atoms with Gasteiger partial charge >= 0.3 is 0 Å². The van der Waals surface area contributed by atoms with Crippen molar-refractivity contribution in [3.8, 4) is 0 Å². The summed E-state index contributed by atoms with van der Waals surface area (Å²) in [5, 5.41) is 0. The number of nitrogens with zero attached hydrogens (tertiary/aromatic N) is 2. The van der Waals surface area contributed by atoms with E-state index in [1.54, 1.807) is 0 Å². The molecule has 0 amide bonds. The van der Waals surface area contributed by atoms with Gasteiger partial charge in [0.05, 0.1) is 13.2 Å². The molecule has 0 atom stereocenters. The van der Waals surface area contributed by atoms with Crippen molar-refractivity contribution in [1.82, 2.24) is 4.90 Å². The van der Waals surface area contributed by atoms with Crippen LogP contribution in [-0.4, -0.2) is 62.6 Å². The van der Waals surface area contributed by atoms with Gasteiger partial charge < -0.3 is 9.64 Å². The molecular weight excluding hydrogens is 331 g/mol. The smallest absolute Gasteiger partial charge is 0.0594 e. The molecule has 130 valence electrons. The van der Waals surface area contributed by atoms with Crippen molar-refractivity contribution in [2.45, 2.75) is 19.3 Å². The molecule has 0 aromatic heterocycles. The van der Waals surface area contributed by atoms with Gasteiger partial charge in [0, 0.05) is 43.6 Å². The van der Waals surface area contributed by atoms with Gasteiger partial charge in [0.15, 0.2) is 0 Å². The topological polar surface area (TPSA) is 15.7 Å². The number of ether oxygens (including phenoxy) is 1. The number of anilines is 1. The molecule has 1 aliphatic heterocycles. The zero-order valence-electron chi connectivity index (χ0n) is 13.9. The monoisotopic (exact) mass is 358 g/mol. The lowest BCUT2D eigenvalue weighted by Gasteiger charge is -2.26. The Bertz CT molecular complexity index is 416. The minimum absolute atomic E-state index is 0.625. The van der Waals surface area contributed by atoms with E-state index in [1.807, 2.05) is 0 Å². The van der Waals surface area contributed by atoms with Crippen LogP contribution < -0.4 is 4.90 Å². The Hall–Kier alpha value is -0.480. The Labute approximate surface area is 150 Å². The highest BCUT2D eigenvalue weighted by atomic mass is 35.5. The van der Waals surface area contributed by atoms with Gasteiger partial charge in [0.25, 0.3) is 0 Å². The lowest BCUT2D eigenvalue weighted by atomic mass is 10.1. The molecule has 0 saturated carbocycles. The van der Waals surface area contributed by atoms with Gasteiger partial charge in [0.1, 0.15) is 0 Å². The number of morpholine rings is 1. The lowest BCUT2D eigenvalue weighted by molar-refractivity contribution is 0.0372. The van der Waals surface area contributed by atoms with Gasteiger partial charge in [0.2, 0.25) is 0 Å². The second-order valence-corrected chi connectivity index (χ2v) is 6.70. The third-order valence-electron chi connectivity index (χ3n) is 4.30. The Morgan fingerprint density at radius 3 is 2.22 bits per heavy atom. The molecule has 5 heteroatoms. The van der Waals surface area contributed by atoms with Crippen LogP contribution in [-0.2, 0) is 11.2 Å². The molecule has 0 spiro atoms. The number of unbranched alkanes of at least 4 members (excludes halogenated alkanes) is 1. The van der Waals surface area contributed by atoms with Crippen LogP contribution in [0.4, 0.5) is 5.69 Å². The normalized spacial score (nSPS) is 15.7. The molecule has 0 unspecified atom stereocenters. The molecule has 1 aromatic carbocycles. The van der Waals surface area contributed by atoms with Crippen LogP contribution in [0.15, 0.2) is 24.3 Å². The first-order chi connectivity index (χ1) is 11.3. The van der Waals surface area contributed by atoms with Gasteiger partial charge in [-0.15, -0.1) is 23.2 Å². The highest BCUT2D eigenvalue weighted by Crippen LogP contribution is 2.17. The molecule has 0 bridgehead atoms. The van der Waals surface area contributed by atoms with E-state index >= 15 is 0 Å². The first-order valence-electron chi connectivity index (χ1n) is 8.59. The summed E-state index contributed by atoms with van der Waals surface area (Å²) < 4.78 is 5.38. The molecule has 1 saturated heterocycles. The van der Waals surface area contributed by atoms with Gasteiger partial charge in [-0.05, 0) is 43.5 Å². The van der Waals surface area contributed by atoms with Gasteiger partial charge in [-0.3, -0.25) is 4.90 Å². The lowest BCUT2D eigenvalue weighted by Crippen LogP contribution is -2.36. The van der Waals surface area contributed by atoms with Crippen LogP contribution in [0.25, 0.3) is 0 Å². The summed E-state index contributed by atoms with van der Waals surface area (Å²) >= 11 is 11.7. The fraction of sp³-hybridized carbons (Fsp3) is 0.667. The third kappa shape index (κ3) is 6.88. The summed E-state index contributed by atoms with van der Waals surface area (Å²) in [7, 11) is 0. The minimum atomic E-state index is 0.625. The molecule has 1 aromatic rings. The zero-order valence-corrected chi connectivity index (χ0v) is 15.4. The Morgan fingerprint density at radius 2 is 1.61 bits per heavy atom. The Morgan fingerprint density at radius 1 is 0.957 bits per heavy atom. The summed E-state index contributed by atoms with van der Waals surface area (Å²) in [6, 6.07) is 8.85. The van der Waals surface area contributed by atoms with Crippen molar-refractivity contribution in [3.63, 3.8) is 0 Å². The number of rotatable bonds is 10. The van der Waals surface area contributed by atoms with E-state index < -0.39 is 0 Å². The van der Waals surface area contributed by atoms with Crippen LogP contribution >= 0.6 is 23.2 Å². The second-order valence-electron chi connectivity index (χ2n) is 5.94. The van der Waals surface area contributed by atoms with Crippen molar-refractivity contribution >= 4 is 28.9 Å². The van der Waals surface area contributed by atoms with Gasteiger partial charge in [-0.2, -0.15) is 0 Å². The van der Waals surface area contributed by atoms with Crippen molar-refractivity contribution in [2.24, 2.45) is 0 Å². The fourth-order valence-corrected chi connectivity index (χ4v) is 3.34. The van der Waals surface area contributed by atoms with Crippen LogP contribution in [0.1, 0.15) is 18.4 Å². The molecule has 23 heavy (non-hydrogen) atoms. The first kappa shape index (κ1) is 18.9. The quantitative estimate of drug-likeness (QED) is 0.469. The SMILES string of the molecule is ClCCN(CCCl)c1ccc(CCCCN2CCOCC2)cc1. The van der Waals surface area contributed by atoms with E-state index in [2.05, 4.69) is 34.1 Å². The van der Waals surface area contributed by atoms with E-state index in [0.717, 1.165) is 45.8 Å². The fourth-order valence-electron chi connectivity index (χ4n) is 2.94. The number of halogens is 2. The molecule has 1 aliphatic rings. The molecule has 1 fully saturated rings. The van der Waals surface area contributed by atoms with Crippen LogP contribution in [0.2, 0.25) is 0 Å². The maximum Gasteiger partial charge on any atom is 0.0594 e. The summed E-state index contributed by atoms with van der Waals surface area (Å²) in [6.45, 7) is 6.84. The number of alkyl halides is 2. The van der Waals surface area contributed by atoms with E-state index in [9.17, 15) is 0 Å². The average molecular weight is 359 g/mol. The predicted molar refractivity (Wildman–Crippen MR) is 100 cm³/mol. The third-order valence-corrected chi connectivity index (χ3v) is 4.64. The number of benzene rings is 1. The maximum absolute atomic E-state index is 5.87.